The molecule has 0 aliphatic carbocycles. The fraction of sp³-hybridized carbons (Fsp3) is 0.370. The second kappa shape index (κ2) is 10.6. The van der Waals surface area contributed by atoms with Gasteiger partial charge in [-0.3, -0.25) is 4.79 Å². The number of carbonyl (C=O) groups is 1. The number of aryl methyl sites for hydroxylation is 1. The summed E-state index contributed by atoms with van der Waals surface area (Å²) in [4.78, 5) is 15.0. The molecule has 1 aliphatic rings. The summed E-state index contributed by atoms with van der Waals surface area (Å²) in [5.74, 6) is 0.813. The van der Waals surface area contributed by atoms with Crippen molar-refractivity contribution in [2.45, 2.75) is 38.2 Å². The number of fused-ring (bicyclic) bond motifs is 1. The van der Waals surface area contributed by atoms with Crippen LogP contribution in [0.15, 0.2) is 66.7 Å². The van der Waals surface area contributed by atoms with Gasteiger partial charge in [0.1, 0.15) is 18.5 Å². The van der Waals surface area contributed by atoms with Gasteiger partial charge < -0.3 is 14.7 Å². The molecule has 0 spiro atoms. The summed E-state index contributed by atoms with van der Waals surface area (Å²) in [5, 5.41) is 12.7. The Morgan fingerprint density at radius 1 is 0.935 bits per heavy atom. The summed E-state index contributed by atoms with van der Waals surface area (Å²) in [6.07, 6.45) is 4.41. The summed E-state index contributed by atoms with van der Waals surface area (Å²) in [6, 6.07) is 21.8. The number of aliphatic hydroxyl groups excluding tert-OH is 1. The van der Waals surface area contributed by atoms with Crippen LogP contribution in [0.4, 0.5) is 0 Å². The maximum absolute atomic E-state index is 12.7. The van der Waals surface area contributed by atoms with Crippen molar-refractivity contribution in [1.29, 1.82) is 0 Å². The predicted molar refractivity (Wildman–Crippen MR) is 125 cm³/mol. The molecule has 0 amide bonds. The maximum Gasteiger partial charge on any atom is 0.163 e. The molecule has 162 valence electrons. The van der Waals surface area contributed by atoms with E-state index in [1.54, 1.807) is 0 Å². The largest absolute Gasteiger partial charge is 0.491 e. The SMILES string of the molecule is O=C(CCc1cccc2ccccc12)c1ccc(OC[C@H](O)CN2CCCCC2)cc1. The Morgan fingerprint density at radius 2 is 1.68 bits per heavy atom. The van der Waals surface area contributed by atoms with Gasteiger partial charge in [-0.05, 0) is 73.0 Å². The van der Waals surface area contributed by atoms with E-state index in [4.69, 9.17) is 4.74 Å². The lowest BCUT2D eigenvalue weighted by atomic mass is 9.98. The molecule has 4 heteroatoms. The van der Waals surface area contributed by atoms with Crippen LogP contribution >= 0.6 is 0 Å². The first kappa shape index (κ1) is 21.5. The average Bonchev–Trinajstić information content (AvgIpc) is 2.82. The van der Waals surface area contributed by atoms with Crippen LogP contribution in [0.5, 0.6) is 5.75 Å². The molecule has 4 nitrogen and oxygen atoms in total. The van der Waals surface area contributed by atoms with Crippen LogP contribution < -0.4 is 4.74 Å². The van der Waals surface area contributed by atoms with Crippen molar-refractivity contribution in [2.75, 3.05) is 26.2 Å². The van der Waals surface area contributed by atoms with E-state index < -0.39 is 6.10 Å². The number of carbonyl (C=O) groups excluding carboxylic acids is 1. The van der Waals surface area contributed by atoms with Gasteiger partial charge in [0.25, 0.3) is 0 Å². The lowest BCUT2D eigenvalue weighted by Crippen LogP contribution is -2.38. The van der Waals surface area contributed by atoms with Crippen molar-refractivity contribution < 1.29 is 14.6 Å². The van der Waals surface area contributed by atoms with Crippen LogP contribution in [-0.2, 0) is 6.42 Å². The molecule has 1 saturated heterocycles. The molecule has 3 aromatic carbocycles. The Morgan fingerprint density at radius 3 is 2.48 bits per heavy atom. The fourth-order valence-corrected chi connectivity index (χ4v) is 4.33. The first-order chi connectivity index (χ1) is 15.2. The molecule has 0 radical (unpaired) electrons. The minimum Gasteiger partial charge on any atom is -0.491 e. The number of benzene rings is 3. The molecule has 1 fully saturated rings. The summed E-state index contributed by atoms with van der Waals surface area (Å²) in [7, 11) is 0. The number of hydrogen-bond acceptors (Lipinski definition) is 4. The number of hydrogen-bond donors (Lipinski definition) is 1. The van der Waals surface area contributed by atoms with Gasteiger partial charge >= 0.3 is 0 Å². The highest BCUT2D eigenvalue weighted by molar-refractivity contribution is 5.96. The number of aliphatic hydroxyl groups is 1. The van der Waals surface area contributed by atoms with Crippen molar-refractivity contribution in [3.63, 3.8) is 0 Å². The zero-order valence-corrected chi connectivity index (χ0v) is 18.0. The van der Waals surface area contributed by atoms with Crippen LogP contribution in [0.2, 0.25) is 0 Å². The van der Waals surface area contributed by atoms with Gasteiger partial charge in [-0.15, -0.1) is 0 Å². The highest BCUT2D eigenvalue weighted by Crippen LogP contribution is 2.21. The molecule has 0 bridgehead atoms. The molecule has 1 N–H and O–H groups in total. The molecule has 31 heavy (non-hydrogen) atoms. The molecule has 3 aromatic rings. The van der Waals surface area contributed by atoms with Crippen LogP contribution in [0.1, 0.15) is 41.6 Å². The number of rotatable bonds is 9. The Bertz CT molecular complexity index is 988. The maximum atomic E-state index is 12.7. The van der Waals surface area contributed by atoms with E-state index in [2.05, 4.69) is 29.2 Å². The molecule has 0 aromatic heterocycles. The van der Waals surface area contributed by atoms with Crippen molar-refractivity contribution >= 4 is 16.6 Å². The lowest BCUT2D eigenvalue weighted by molar-refractivity contribution is 0.0617. The van der Waals surface area contributed by atoms with Crippen molar-refractivity contribution in [2.24, 2.45) is 0 Å². The lowest BCUT2D eigenvalue weighted by Gasteiger charge is -2.28. The molecule has 0 unspecified atom stereocenters. The summed E-state index contributed by atoms with van der Waals surface area (Å²) in [5.41, 5.74) is 1.90. The number of piperidine rings is 1. The zero-order valence-electron chi connectivity index (χ0n) is 18.0. The Balaban J connectivity index is 1.27. The molecule has 1 heterocycles. The second-order valence-corrected chi connectivity index (χ2v) is 8.41. The van der Waals surface area contributed by atoms with Gasteiger partial charge in [-0.1, -0.05) is 48.9 Å². The quantitative estimate of drug-likeness (QED) is 0.504. The van der Waals surface area contributed by atoms with Crippen LogP contribution in [0.3, 0.4) is 0 Å². The smallest absolute Gasteiger partial charge is 0.163 e. The van der Waals surface area contributed by atoms with Crippen molar-refractivity contribution in [3.8, 4) is 5.75 Å². The monoisotopic (exact) mass is 417 g/mol. The second-order valence-electron chi connectivity index (χ2n) is 8.41. The normalized spacial score (nSPS) is 15.6. The Hall–Kier alpha value is -2.69. The van der Waals surface area contributed by atoms with Crippen molar-refractivity contribution in [3.05, 3.63) is 77.9 Å². The number of Topliss-reactive ketones (excluding diaryl/α,β-unsaturated/α-hetero) is 1. The van der Waals surface area contributed by atoms with Crippen molar-refractivity contribution in [1.82, 2.24) is 4.90 Å². The number of nitrogens with zero attached hydrogens (tertiary/aromatic N) is 1. The zero-order chi connectivity index (χ0) is 21.5. The van der Waals surface area contributed by atoms with E-state index in [1.165, 1.54) is 35.6 Å². The van der Waals surface area contributed by atoms with E-state index in [0.717, 1.165) is 19.5 Å². The third-order valence-electron chi connectivity index (χ3n) is 6.04. The average molecular weight is 418 g/mol. The highest BCUT2D eigenvalue weighted by Gasteiger charge is 2.15. The van der Waals surface area contributed by atoms with Crippen LogP contribution in [0.25, 0.3) is 10.8 Å². The van der Waals surface area contributed by atoms with Gasteiger partial charge in [-0.2, -0.15) is 0 Å². The third-order valence-corrected chi connectivity index (χ3v) is 6.04. The number of ketones is 1. The minimum absolute atomic E-state index is 0.129. The summed E-state index contributed by atoms with van der Waals surface area (Å²) >= 11 is 0. The number of β-amino-alcohol motifs (C(OH)–C–C–N with tert-alkyl or cyclic N) is 1. The number of likely N-dealkylation sites (tertiary alicyclic amines) is 1. The Labute approximate surface area is 184 Å². The molecular weight excluding hydrogens is 386 g/mol. The van der Waals surface area contributed by atoms with Gasteiger partial charge in [0.05, 0.1) is 0 Å². The summed E-state index contributed by atoms with van der Waals surface area (Å²) < 4.78 is 5.73. The first-order valence-corrected chi connectivity index (χ1v) is 11.3. The van der Waals surface area contributed by atoms with Gasteiger partial charge in [0.15, 0.2) is 5.78 Å². The minimum atomic E-state index is -0.500. The predicted octanol–water partition coefficient (Wildman–Crippen LogP) is 4.88. The summed E-state index contributed by atoms with van der Waals surface area (Å²) in [6.45, 7) is 3.05. The fourth-order valence-electron chi connectivity index (χ4n) is 4.33. The molecular formula is C27H31NO3. The molecule has 1 aliphatic heterocycles. The highest BCUT2D eigenvalue weighted by atomic mass is 16.5. The van der Waals surface area contributed by atoms with E-state index >= 15 is 0 Å². The Kier molecular flexibility index (Phi) is 7.34. The van der Waals surface area contributed by atoms with E-state index in [9.17, 15) is 9.90 Å². The van der Waals surface area contributed by atoms with E-state index in [0.29, 0.717) is 24.3 Å². The van der Waals surface area contributed by atoms with E-state index in [1.807, 2.05) is 42.5 Å². The topological polar surface area (TPSA) is 49.8 Å². The van der Waals surface area contributed by atoms with Gasteiger partial charge in [-0.25, -0.2) is 0 Å². The van der Waals surface area contributed by atoms with Gasteiger partial charge in [0.2, 0.25) is 0 Å². The molecule has 0 saturated carbocycles. The number of ether oxygens (including phenoxy) is 1. The standard InChI is InChI=1S/C27H31NO3/c29-24(19-28-17-4-1-5-18-28)20-31-25-14-11-23(12-15-25)27(30)16-13-22-9-6-8-21-7-2-3-10-26(21)22/h2-3,6-12,14-15,24,29H,1,4-5,13,16-20H2/t24-/m1/s1. The van der Waals surface area contributed by atoms with Crippen LogP contribution in [0, 0.1) is 0 Å². The van der Waals surface area contributed by atoms with E-state index in [-0.39, 0.29) is 12.4 Å². The molecule has 1 atom stereocenters. The van der Waals surface area contributed by atoms with Gasteiger partial charge in [0, 0.05) is 18.5 Å². The van der Waals surface area contributed by atoms with Crippen LogP contribution in [-0.4, -0.2) is 48.1 Å². The first-order valence-electron chi connectivity index (χ1n) is 11.3. The molecule has 4 rings (SSSR count). The third kappa shape index (κ3) is 5.93.